The zero-order valence-corrected chi connectivity index (χ0v) is 17.9. The van der Waals surface area contributed by atoms with E-state index in [0.717, 1.165) is 16.0 Å². The highest BCUT2D eigenvalue weighted by Crippen LogP contribution is 2.31. The fourth-order valence-electron chi connectivity index (χ4n) is 3.63. The summed E-state index contributed by atoms with van der Waals surface area (Å²) in [5, 5.41) is 19.8. The number of amides is 2. The first kappa shape index (κ1) is 24.3. The number of alkyl halides is 3. The van der Waals surface area contributed by atoms with Crippen LogP contribution in [0.4, 0.5) is 18.0 Å². The van der Waals surface area contributed by atoms with Gasteiger partial charge in [-0.2, -0.15) is 0 Å². The van der Waals surface area contributed by atoms with E-state index in [1.54, 1.807) is 12.1 Å². The molecule has 0 aliphatic carbocycles. The maximum absolute atomic E-state index is 12.6. The van der Waals surface area contributed by atoms with E-state index >= 15 is 0 Å². The van der Waals surface area contributed by atoms with Crippen molar-refractivity contribution in [2.75, 3.05) is 19.8 Å². The van der Waals surface area contributed by atoms with E-state index in [1.807, 2.05) is 19.9 Å². The summed E-state index contributed by atoms with van der Waals surface area (Å²) < 4.78 is 49.7. The molecule has 180 valence electrons. The lowest BCUT2D eigenvalue weighted by atomic mass is 9.98. The second-order valence-electron chi connectivity index (χ2n) is 7.62. The number of halogens is 3. The number of nitrogens with zero attached hydrogens (tertiary/aromatic N) is 3. The zero-order valence-electron chi connectivity index (χ0n) is 17.9. The highest BCUT2D eigenvalue weighted by atomic mass is 19.4. The molecule has 2 heterocycles. The van der Waals surface area contributed by atoms with Gasteiger partial charge in [0.2, 0.25) is 5.89 Å². The molecule has 2 aromatic rings. The Kier molecular flexibility index (Phi) is 7.41. The number of nitrogens with one attached hydrogen (secondary N) is 1. The molecule has 1 aliphatic heterocycles. The van der Waals surface area contributed by atoms with E-state index in [4.69, 9.17) is 9.15 Å². The number of aromatic nitrogens is 2. The molecule has 2 amide bonds. The van der Waals surface area contributed by atoms with Crippen LogP contribution >= 0.6 is 0 Å². The fraction of sp³-hybridized carbons (Fsp3) is 0.500. The average Bonchev–Trinajstić information content (AvgIpc) is 3.18. The molecule has 10 nitrogen and oxygen atoms in total. The Morgan fingerprint density at radius 1 is 1.18 bits per heavy atom. The molecule has 1 aliphatic rings. The van der Waals surface area contributed by atoms with E-state index in [1.165, 1.54) is 0 Å². The molecule has 1 aromatic carbocycles. The standard InChI is InChI=1S/C20H23F3N4O6/c1-11-7-12(2)9-13(8-11)16(28)24-14-3-4-15(27(10-14)19(29)30)17-25-26-18(33-17)31-5-6-32-20(21,22)23/h7-9,14-15H,3-6,10H2,1-2H3,(H,24,28)(H,29,30)/t14-,15+/m0/s1. The third-order valence-corrected chi connectivity index (χ3v) is 4.93. The number of hydrogen-bond acceptors (Lipinski definition) is 7. The third kappa shape index (κ3) is 6.81. The minimum Gasteiger partial charge on any atom is -0.465 e. The Morgan fingerprint density at radius 3 is 2.52 bits per heavy atom. The molecular formula is C20H23F3N4O6. The third-order valence-electron chi connectivity index (χ3n) is 4.93. The minimum atomic E-state index is -4.78. The summed E-state index contributed by atoms with van der Waals surface area (Å²) in [4.78, 5) is 25.5. The number of hydrogen-bond donors (Lipinski definition) is 2. The van der Waals surface area contributed by atoms with Crippen LogP contribution in [0.15, 0.2) is 22.6 Å². The highest BCUT2D eigenvalue weighted by molar-refractivity contribution is 5.94. The monoisotopic (exact) mass is 472 g/mol. The molecule has 13 heteroatoms. The summed E-state index contributed by atoms with van der Waals surface area (Å²) >= 11 is 0. The molecular weight excluding hydrogens is 449 g/mol. The number of likely N-dealkylation sites (tertiary alicyclic amines) is 1. The molecule has 0 spiro atoms. The van der Waals surface area contributed by atoms with Crippen molar-refractivity contribution in [3.8, 4) is 6.08 Å². The van der Waals surface area contributed by atoms with Crippen molar-refractivity contribution in [2.24, 2.45) is 0 Å². The molecule has 2 atom stereocenters. The van der Waals surface area contributed by atoms with Gasteiger partial charge in [0.25, 0.3) is 5.91 Å². The van der Waals surface area contributed by atoms with E-state index in [-0.39, 0.29) is 24.8 Å². The van der Waals surface area contributed by atoms with Crippen LogP contribution in [-0.4, -0.2) is 64.4 Å². The topological polar surface area (TPSA) is 127 Å². The summed E-state index contributed by atoms with van der Waals surface area (Å²) in [6, 6.07) is 4.24. The Morgan fingerprint density at radius 2 is 1.88 bits per heavy atom. The van der Waals surface area contributed by atoms with Gasteiger partial charge in [-0.15, -0.1) is 18.3 Å². The Hall–Kier alpha value is -3.35. The number of ether oxygens (including phenoxy) is 2. The van der Waals surface area contributed by atoms with Crippen molar-refractivity contribution in [2.45, 2.75) is 45.1 Å². The van der Waals surface area contributed by atoms with Crippen LogP contribution in [0.5, 0.6) is 6.08 Å². The van der Waals surface area contributed by atoms with Gasteiger partial charge in [0, 0.05) is 18.2 Å². The van der Waals surface area contributed by atoms with Gasteiger partial charge in [0.15, 0.2) is 0 Å². The summed E-state index contributed by atoms with van der Waals surface area (Å²) in [5.74, 6) is -0.353. The lowest BCUT2D eigenvalue weighted by molar-refractivity contribution is -0.325. The predicted octanol–water partition coefficient (Wildman–Crippen LogP) is 3.22. The lowest BCUT2D eigenvalue weighted by Crippen LogP contribution is -2.50. The molecule has 33 heavy (non-hydrogen) atoms. The van der Waals surface area contributed by atoms with E-state index < -0.39 is 43.8 Å². The van der Waals surface area contributed by atoms with Crippen molar-refractivity contribution in [3.05, 3.63) is 40.8 Å². The molecule has 0 radical (unpaired) electrons. The fourth-order valence-corrected chi connectivity index (χ4v) is 3.63. The summed E-state index contributed by atoms with van der Waals surface area (Å²) in [5.41, 5.74) is 2.37. The molecule has 1 fully saturated rings. The number of benzene rings is 1. The highest BCUT2D eigenvalue weighted by Gasteiger charge is 2.37. The minimum absolute atomic E-state index is 0.00543. The number of carbonyl (C=O) groups is 2. The van der Waals surface area contributed by atoms with Crippen LogP contribution in [0.2, 0.25) is 0 Å². The largest absolute Gasteiger partial charge is 0.522 e. The van der Waals surface area contributed by atoms with Crippen molar-refractivity contribution in [1.82, 2.24) is 20.4 Å². The number of rotatable bonds is 7. The van der Waals surface area contributed by atoms with Gasteiger partial charge in [-0.25, -0.2) is 4.79 Å². The van der Waals surface area contributed by atoms with Gasteiger partial charge in [0.05, 0.1) is 6.61 Å². The predicted molar refractivity (Wildman–Crippen MR) is 106 cm³/mol. The summed E-state index contributed by atoms with van der Waals surface area (Å²) in [7, 11) is 0. The number of piperidine rings is 1. The first-order valence-electron chi connectivity index (χ1n) is 10.1. The zero-order chi connectivity index (χ0) is 24.2. The summed E-state index contributed by atoms with van der Waals surface area (Å²) in [6.07, 6.45) is -5.69. The molecule has 1 aromatic heterocycles. The smallest absolute Gasteiger partial charge is 0.465 e. The normalized spacial score (nSPS) is 18.8. The van der Waals surface area contributed by atoms with Crippen molar-refractivity contribution >= 4 is 12.0 Å². The molecule has 0 saturated carbocycles. The first-order valence-corrected chi connectivity index (χ1v) is 10.1. The maximum Gasteiger partial charge on any atom is 0.522 e. The Bertz CT molecular complexity index is 976. The molecule has 0 bridgehead atoms. The number of aryl methyl sites for hydroxylation is 2. The number of carboxylic acid groups (broad SMARTS) is 1. The van der Waals surface area contributed by atoms with Crippen LogP contribution in [0.3, 0.4) is 0 Å². The van der Waals surface area contributed by atoms with E-state index in [0.29, 0.717) is 12.0 Å². The van der Waals surface area contributed by atoms with Crippen LogP contribution < -0.4 is 10.1 Å². The molecule has 0 unspecified atom stereocenters. The van der Waals surface area contributed by atoms with E-state index in [2.05, 4.69) is 20.3 Å². The van der Waals surface area contributed by atoms with Crippen LogP contribution in [0, 0.1) is 13.8 Å². The van der Waals surface area contributed by atoms with Gasteiger partial charge in [0.1, 0.15) is 12.6 Å². The second-order valence-corrected chi connectivity index (χ2v) is 7.62. The summed E-state index contributed by atoms with van der Waals surface area (Å²) in [6.45, 7) is 2.50. The Labute approximate surface area is 186 Å². The Balaban J connectivity index is 1.59. The van der Waals surface area contributed by atoms with Gasteiger partial charge < -0.3 is 19.6 Å². The SMILES string of the molecule is Cc1cc(C)cc(C(=O)N[C@H]2CC[C@H](c3nnc(OCCOC(F)(F)F)o3)N(C(=O)O)C2)c1. The van der Waals surface area contributed by atoms with Crippen LogP contribution in [0.1, 0.15) is 46.3 Å². The van der Waals surface area contributed by atoms with Gasteiger partial charge in [-0.3, -0.25) is 14.4 Å². The lowest BCUT2D eigenvalue weighted by Gasteiger charge is -2.36. The van der Waals surface area contributed by atoms with Crippen LogP contribution in [0.25, 0.3) is 0 Å². The molecule has 3 rings (SSSR count). The maximum atomic E-state index is 12.6. The van der Waals surface area contributed by atoms with E-state index in [9.17, 15) is 27.9 Å². The first-order chi connectivity index (χ1) is 15.5. The quantitative estimate of drug-likeness (QED) is 0.588. The van der Waals surface area contributed by atoms with Crippen molar-refractivity contribution < 1.29 is 41.8 Å². The van der Waals surface area contributed by atoms with Crippen LogP contribution in [-0.2, 0) is 4.74 Å². The average molecular weight is 472 g/mol. The number of carbonyl (C=O) groups excluding carboxylic acids is 1. The van der Waals surface area contributed by atoms with Gasteiger partial charge in [-0.1, -0.05) is 22.3 Å². The van der Waals surface area contributed by atoms with Crippen molar-refractivity contribution in [1.29, 1.82) is 0 Å². The van der Waals surface area contributed by atoms with Gasteiger partial charge >= 0.3 is 18.5 Å². The molecule has 2 N–H and O–H groups in total. The molecule has 1 saturated heterocycles. The second kappa shape index (κ2) is 10.1. The van der Waals surface area contributed by atoms with Crippen molar-refractivity contribution in [3.63, 3.8) is 0 Å². The van der Waals surface area contributed by atoms with Gasteiger partial charge in [-0.05, 0) is 38.8 Å².